The van der Waals surface area contributed by atoms with Crippen molar-refractivity contribution in [1.82, 2.24) is 0 Å². The number of rotatable bonds is 2. The standard InChI is InChI=1S/C17H14ClF3/c18-16(13-9-8-11-4-3-5-12(11)10-13)14-6-1-2-7-15(14)17(19,20)21/h1-2,6-10,16H,3-5H2. The van der Waals surface area contributed by atoms with Crippen LogP contribution in [0.4, 0.5) is 13.2 Å². The van der Waals surface area contributed by atoms with Crippen molar-refractivity contribution in [1.29, 1.82) is 0 Å². The SMILES string of the molecule is FC(F)(F)c1ccccc1C(Cl)c1ccc2c(c1)CCC2. The van der Waals surface area contributed by atoms with Crippen molar-refractivity contribution in [3.05, 3.63) is 70.3 Å². The lowest BCUT2D eigenvalue weighted by Gasteiger charge is -2.18. The number of hydrogen-bond acceptors (Lipinski definition) is 0. The van der Waals surface area contributed by atoms with E-state index in [4.69, 9.17) is 11.6 Å². The van der Waals surface area contributed by atoms with E-state index in [0.29, 0.717) is 0 Å². The van der Waals surface area contributed by atoms with Crippen molar-refractivity contribution >= 4 is 11.6 Å². The Morgan fingerprint density at radius 2 is 1.67 bits per heavy atom. The Hall–Kier alpha value is -1.48. The highest BCUT2D eigenvalue weighted by atomic mass is 35.5. The van der Waals surface area contributed by atoms with Crippen LogP contribution in [0.1, 0.15) is 39.6 Å². The molecule has 1 aliphatic rings. The molecule has 0 nitrogen and oxygen atoms in total. The van der Waals surface area contributed by atoms with Gasteiger partial charge in [0, 0.05) is 0 Å². The Morgan fingerprint density at radius 3 is 2.43 bits per heavy atom. The molecule has 0 amide bonds. The fourth-order valence-electron chi connectivity index (χ4n) is 2.91. The van der Waals surface area contributed by atoms with E-state index in [1.807, 2.05) is 18.2 Å². The summed E-state index contributed by atoms with van der Waals surface area (Å²) in [5.41, 5.74) is 2.68. The molecular formula is C17H14ClF3. The topological polar surface area (TPSA) is 0 Å². The van der Waals surface area contributed by atoms with Crippen LogP contribution in [0.3, 0.4) is 0 Å². The Bertz CT molecular complexity index is 661. The van der Waals surface area contributed by atoms with Crippen molar-refractivity contribution in [3.63, 3.8) is 0 Å². The zero-order valence-corrected chi connectivity index (χ0v) is 12.0. The molecule has 4 heteroatoms. The molecule has 3 rings (SSSR count). The van der Waals surface area contributed by atoms with Gasteiger partial charge < -0.3 is 0 Å². The number of aryl methyl sites for hydroxylation is 2. The fraction of sp³-hybridized carbons (Fsp3) is 0.294. The molecule has 2 aromatic carbocycles. The number of alkyl halides is 4. The second-order valence-electron chi connectivity index (χ2n) is 5.33. The minimum atomic E-state index is -4.39. The zero-order chi connectivity index (χ0) is 15.0. The number of fused-ring (bicyclic) bond motifs is 1. The van der Waals surface area contributed by atoms with Crippen molar-refractivity contribution < 1.29 is 13.2 Å². The quantitative estimate of drug-likeness (QED) is 0.640. The summed E-state index contributed by atoms with van der Waals surface area (Å²) in [6.45, 7) is 0. The summed E-state index contributed by atoms with van der Waals surface area (Å²) >= 11 is 6.34. The molecule has 1 atom stereocenters. The van der Waals surface area contributed by atoms with Gasteiger partial charge in [-0.25, -0.2) is 0 Å². The highest BCUT2D eigenvalue weighted by Crippen LogP contribution is 2.40. The van der Waals surface area contributed by atoms with E-state index < -0.39 is 17.1 Å². The maximum absolute atomic E-state index is 13.1. The summed E-state index contributed by atoms with van der Waals surface area (Å²) in [4.78, 5) is 0. The molecule has 0 heterocycles. The molecule has 0 saturated heterocycles. The van der Waals surface area contributed by atoms with E-state index in [2.05, 4.69) is 0 Å². The molecule has 110 valence electrons. The first kappa shape index (κ1) is 14.5. The first-order valence-corrected chi connectivity index (χ1v) is 7.32. The van der Waals surface area contributed by atoms with Crippen LogP contribution in [0.2, 0.25) is 0 Å². The predicted molar refractivity (Wildman–Crippen MR) is 77.6 cm³/mol. The van der Waals surface area contributed by atoms with E-state index >= 15 is 0 Å². The summed E-state index contributed by atoms with van der Waals surface area (Å²) in [6, 6.07) is 11.3. The molecule has 0 aliphatic heterocycles. The minimum absolute atomic E-state index is 0.115. The molecule has 0 radical (unpaired) electrons. The van der Waals surface area contributed by atoms with Gasteiger partial charge in [-0.05, 0) is 47.6 Å². The smallest absolute Gasteiger partial charge is 0.166 e. The first-order valence-electron chi connectivity index (χ1n) is 6.89. The molecule has 2 aromatic rings. The van der Waals surface area contributed by atoms with Gasteiger partial charge in [0.1, 0.15) is 0 Å². The predicted octanol–water partition coefficient (Wildman–Crippen LogP) is 5.52. The highest BCUT2D eigenvalue weighted by molar-refractivity contribution is 6.22. The first-order chi connectivity index (χ1) is 9.97. The van der Waals surface area contributed by atoms with Gasteiger partial charge in [0.2, 0.25) is 0 Å². The largest absolute Gasteiger partial charge is 0.416 e. The Balaban J connectivity index is 2.01. The third-order valence-electron chi connectivity index (χ3n) is 3.95. The van der Waals surface area contributed by atoms with Crippen LogP contribution >= 0.6 is 11.6 Å². The van der Waals surface area contributed by atoms with Crippen LogP contribution in [-0.4, -0.2) is 0 Å². The molecule has 1 aliphatic carbocycles. The Morgan fingerprint density at radius 1 is 0.952 bits per heavy atom. The summed E-state index contributed by atoms with van der Waals surface area (Å²) < 4.78 is 39.3. The zero-order valence-electron chi connectivity index (χ0n) is 11.3. The average Bonchev–Trinajstić information content (AvgIpc) is 2.93. The average molecular weight is 311 g/mol. The number of hydrogen-bond donors (Lipinski definition) is 0. The van der Waals surface area contributed by atoms with Gasteiger partial charge in [-0.2, -0.15) is 13.2 Å². The summed E-state index contributed by atoms with van der Waals surface area (Å²) in [6.07, 6.45) is -1.26. The van der Waals surface area contributed by atoms with E-state index in [-0.39, 0.29) is 5.56 Å². The van der Waals surface area contributed by atoms with Crippen LogP contribution in [0.15, 0.2) is 42.5 Å². The fourth-order valence-corrected chi connectivity index (χ4v) is 3.23. The van der Waals surface area contributed by atoms with E-state index in [1.54, 1.807) is 6.07 Å². The maximum atomic E-state index is 13.1. The molecule has 0 spiro atoms. The van der Waals surface area contributed by atoms with Gasteiger partial charge in [-0.15, -0.1) is 11.6 Å². The molecule has 1 unspecified atom stereocenters. The maximum Gasteiger partial charge on any atom is 0.416 e. The summed E-state index contributed by atoms with van der Waals surface area (Å²) in [5.74, 6) is 0. The van der Waals surface area contributed by atoms with Gasteiger partial charge in [0.15, 0.2) is 0 Å². The molecule has 0 bridgehead atoms. The summed E-state index contributed by atoms with van der Waals surface area (Å²) in [5, 5.41) is -0.784. The van der Waals surface area contributed by atoms with Gasteiger partial charge in [0.25, 0.3) is 0 Å². The van der Waals surface area contributed by atoms with Crippen LogP contribution in [0.5, 0.6) is 0 Å². The van der Waals surface area contributed by atoms with Gasteiger partial charge in [0.05, 0.1) is 10.9 Å². The van der Waals surface area contributed by atoms with Crippen molar-refractivity contribution in [2.75, 3.05) is 0 Å². The Kier molecular flexibility index (Phi) is 3.70. The van der Waals surface area contributed by atoms with Crippen molar-refractivity contribution in [3.8, 4) is 0 Å². The van der Waals surface area contributed by atoms with Crippen molar-refractivity contribution in [2.45, 2.75) is 30.8 Å². The molecule has 0 fully saturated rings. The van der Waals surface area contributed by atoms with Gasteiger partial charge >= 0.3 is 6.18 Å². The van der Waals surface area contributed by atoms with E-state index in [9.17, 15) is 13.2 Å². The highest BCUT2D eigenvalue weighted by Gasteiger charge is 2.35. The lowest BCUT2D eigenvalue weighted by molar-refractivity contribution is -0.138. The Labute approximate surface area is 126 Å². The van der Waals surface area contributed by atoms with Crippen molar-refractivity contribution in [2.24, 2.45) is 0 Å². The minimum Gasteiger partial charge on any atom is -0.166 e. The van der Waals surface area contributed by atoms with Crippen LogP contribution in [0, 0.1) is 0 Å². The monoisotopic (exact) mass is 310 g/mol. The van der Waals surface area contributed by atoms with E-state index in [1.165, 1.54) is 23.3 Å². The number of benzene rings is 2. The van der Waals surface area contributed by atoms with Crippen LogP contribution in [-0.2, 0) is 19.0 Å². The summed E-state index contributed by atoms with van der Waals surface area (Å²) in [7, 11) is 0. The van der Waals surface area contributed by atoms with E-state index in [0.717, 1.165) is 30.9 Å². The molecule has 21 heavy (non-hydrogen) atoms. The molecular weight excluding hydrogens is 297 g/mol. The lowest BCUT2D eigenvalue weighted by atomic mass is 9.96. The second kappa shape index (κ2) is 5.38. The molecule has 0 saturated carbocycles. The number of halogens is 4. The van der Waals surface area contributed by atoms with Gasteiger partial charge in [-0.3, -0.25) is 0 Å². The third kappa shape index (κ3) is 2.80. The van der Waals surface area contributed by atoms with Gasteiger partial charge in [-0.1, -0.05) is 36.4 Å². The molecule has 0 aromatic heterocycles. The lowest BCUT2D eigenvalue weighted by Crippen LogP contribution is -2.10. The molecule has 0 N–H and O–H groups in total. The third-order valence-corrected chi connectivity index (χ3v) is 4.44. The van der Waals surface area contributed by atoms with Crippen LogP contribution in [0.25, 0.3) is 0 Å². The second-order valence-corrected chi connectivity index (χ2v) is 5.77. The van der Waals surface area contributed by atoms with Crippen LogP contribution < -0.4 is 0 Å². The normalized spacial score (nSPS) is 15.8.